The molecule has 3 aromatic rings. The first-order valence-electron chi connectivity index (χ1n) is 9.09. The molecule has 2 aromatic carbocycles. The Kier molecular flexibility index (Phi) is 6.97. The average Bonchev–Trinajstić information content (AvgIpc) is 2.73. The second-order valence-electron chi connectivity index (χ2n) is 6.45. The fourth-order valence-electron chi connectivity index (χ4n) is 2.47. The number of aromatic nitrogens is 2. The molecule has 8 nitrogen and oxygen atoms in total. The summed E-state index contributed by atoms with van der Waals surface area (Å²) in [5.74, 6) is -1.35. The van der Waals surface area contributed by atoms with Crippen molar-refractivity contribution < 1.29 is 19.1 Å². The van der Waals surface area contributed by atoms with E-state index in [1.807, 2.05) is 44.2 Å². The standard InChI is InChI=1S/C21H20N4O4S/c1-13-7-8-15(9-14(13)2)23-21(28)25-18(26)11-29-20(27)12-30-19-10-22-16-5-3-4-6-17(16)24-19/h3-10H,11-12H2,1-2H3,(H2,23,25,26,28). The number of esters is 1. The van der Waals surface area contributed by atoms with E-state index in [1.165, 1.54) is 0 Å². The van der Waals surface area contributed by atoms with Gasteiger partial charge in [0.1, 0.15) is 5.03 Å². The zero-order valence-corrected chi connectivity index (χ0v) is 17.3. The van der Waals surface area contributed by atoms with Gasteiger partial charge in [-0.05, 0) is 49.2 Å². The predicted octanol–water partition coefficient (Wildman–Crippen LogP) is 3.23. The first-order chi connectivity index (χ1) is 14.4. The van der Waals surface area contributed by atoms with Crippen molar-refractivity contribution in [3.8, 4) is 0 Å². The second kappa shape index (κ2) is 9.84. The molecule has 0 fully saturated rings. The maximum atomic E-state index is 11.9. The number of anilines is 1. The van der Waals surface area contributed by atoms with Gasteiger partial charge in [0.25, 0.3) is 5.91 Å². The van der Waals surface area contributed by atoms with Gasteiger partial charge in [0, 0.05) is 5.69 Å². The zero-order chi connectivity index (χ0) is 21.5. The predicted molar refractivity (Wildman–Crippen MR) is 114 cm³/mol. The lowest BCUT2D eigenvalue weighted by atomic mass is 10.1. The maximum Gasteiger partial charge on any atom is 0.325 e. The topological polar surface area (TPSA) is 110 Å². The second-order valence-corrected chi connectivity index (χ2v) is 7.44. The molecule has 1 aromatic heterocycles. The van der Waals surface area contributed by atoms with Gasteiger partial charge < -0.3 is 10.1 Å². The summed E-state index contributed by atoms with van der Waals surface area (Å²) in [5.41, 5.74) is 4.16. The highest BCUT2D eigenvalue weighted by atomic mass is 32.2. The Bertz CT molecular complexity index is 1100. The Morgan fingerprint density at radius 2 is 1.80 bits per heavy atom. The van der Waals surface area contributed by atoms with Crippen LogP contribution in [-0.2, 0) is 14.3 Å². The highest BCUT2D eigenvalue weighted by Gasteiger charge is 2.12. The summed E-state index contributed by atoms with van der Waals surface area (Å²) >= 11 is 1.15. The van der Waals surface area contributed by atoms with Gasteiger partial charge in [0.15, 0.2) is 6.61 Å². The number of para-hydroxylation sites is 2. The SMILES string of the molecule is Cc1ccc(NC(=O)NC(=O)COC(=O)CSc2cnc3ccccc3n2)cc1C. The van der Waals surface area contributed by atoms with Crippen molar-refractivity contribution in [2.24, 2.45) is 0 Å². The number of carbonyl (C=O) groups is 3. The minimum Gasteiger partial charge on any atom is -0.455 e. The molecule has 0 saturated carbocycles. The van der Waals surface area contributed by atoms with E-state index in [-0.39, 0.29) is 5.75 Å². The normalized spacial score (nSPS) is 10.5. The Labute approximate surface area is 177 Å². The van der Waals surface area contributed by atoms with E-state index in [0.29, 0.717) is 10.7 Å². The highest BCUT2D eigenvalue weighted by molar-refractivity contribution is 7.99. The van der Waals surface area contributed by atoms with Crippen LogP contribution in [0.15, 0.2) is 53.7 Å². The number of benzene rings is 2. The van der Waals surface area contributed by atoms with Crippen LogP contribution in [0.5, 0.6) is 0 Å². The van der Waals surface area contributed by atoms with Crippen LogP contribution < -0.4 is 10.6 Å². The van der Waals surface area contributed by atoms with Crippen LogP contribution in [0.3, 0.4) is 0 Å². The molecule has 2 N–H and O–H groups in total. The summed E-state index contributed by atoms with van der Waals surface area (Å²) in [7, 11) is 0. The third-order valence-corrected chi connectivity index (χ3v) is 5.02. The molecule has 9 heteroatoms. The van der Waals surface area contributed by atoms with E-state index < -0.39 is 24.5 Å². The number of ether oxygens (including phenoxy) is 1. The van der Waals surface area contributed by atoms with Crippen molar-refractivity contribution in [3.63, 3.8) is 0 Å². The van der Waals surface area contributed by atoms with Crippen molar-refractivity contribution in [1.29, 1.82) is 0 Å². The summed E-state index contributed by atoms with van der Waals surface area (Å²) in [6, 6.07) is 12.1. The van der Waals surface area contributed by atoms with Crippen LogP contribution in [0.2, 0.25) is 0 Å². The Hall–Kier alpha value is -3.46. The van der Waals surface area contributed by atoms with Gasteiger partial charge in [-0.3, -0.25) is 19.9 Å². The van der Waals surface area contributed by atoms with Gasteiger partial charge >= 0.3 is 12.0 Å². The lowest BCUT2D eigenvalue weighted by molar-refractivity contribution is -0.145. The number of urea groups is 1. The van der Waals surface area contributed by atoms with E-state index in [1.54, 1.807) is 18.3 Å². The Morgan fingerprint density at radius 1 is 1.03 bits per heavy atom. The summed E-state index contributed by atoms with van der Waals surface area (Å²) in [6.07, 6.45) is 1.57. The smallest absolute Gasteiger partial charge is 0.325 e. The fourth-order valence-corrected chi connectivity index (χ4v) is 3.11. The lowest BCUT2D eigenvalue weighted by Gasteiger charge is -2.09. The molecule has 0 aliphatic carbocycles. The molecule has 0 aliphatic heterocycles. The molecular weight excluding hydrogens is 404 g/mol. The van der Waals surface area contributed by atoms with Crippen molar-refractivity contribution in [2.45, 2.75) is 18.9 Å². The van der Waals surface area contributed by atoms with Crippen LogP contribution in [0, 0.1) is 13.8 Å². The van der Waals surface area contributed by atoms with Gasteiger partial charge in [-0.25, -0.2) is 9.78 Å². The van der Waals surface area contributed by atoms with Crippen molar-refractivity contribution in [3.05, 3.63) is 59.8 Å². The van der Waals surface area contributed by atoms with Gasteiger partial charge in [-0.1, -0.05) is 30.0 Å². The molecule has 0 unspecified atom stereocenters. The Balaban J connectivity index is 1.40. The number of hydrogen-bond acceptors (Lipinski definition) is 7. The number of rotatable bonds is 6. The number of thioether (sulfide) groups is 1. The number of amides is 3. The molecule has 3 rings (SSSR count). The van der Waals surface area contributed by atoms with Crippen LogP contribution >= 0.6 is 11.8 Å². The number of aryl methyl sites for hydroxylation is 2. The zero-order valence-electron chi connectivity index (χ0n) is 16.5. The van der Waals surface area contributed by atoms with E-state index in [2.05, 4.69) is 20.6 Å². The monoisotopic (exact) mass is 424 g/mol. The number of imide groups is 1. The first kappa shape index (κ1) is 21.3. The van der Waals surface area contributed by atoms with Crippen LogP contribution in [0.1, 0.15) is 11.1 Å². The quantitative estimate of drug-likeness (QED) is 0.462. The van der Waals surface area contributed by atoms with Crippen molar-refractivity contribution in [2.75, 3.05) is 17.7 Å². The molecule has 0 spiro atoms. The molecule has 3 amide bonds. The molecular formula is C21H20N4O4S. The van der Waals surface area contributed by atoms with Gasteiger partial charge in [0.05, 0.1) is 23.0 Å². The number of fused-ring (bicyclic) bond motifs is 1. The highest BCUT2D eigenvalue weighted by Crippen LogP contribution is 2.18. The average molecular weight is 424 g/mol. The fraction of sp³-hybridized carbons (Fsp3) is 0.190. The summed E-state index contributed by atoms with van der Waals surface area (Å²) in [5, 5.41) is 5.25. The maximum absolute atomic E-state index is 11.9. The number of carbonyl (C=O) groups excluding carboxylic acids is 3. The van der Waals surface area contributed by atoms with Crippen molar-refractivity contribution >= 4 is 46.4 Å². The number of nitrogens with zero attached hydrogens (tertiary/aromatic N) is 2. The molecule has 0 atom stereocenters. The molecule has 0 radical (unpaired) electrons. The molecule has 1 heterocycles. The molecule has 0 aliphatic rings. The van der Waals surface area contributed by atoms with E-state index >= 15 is 0 Å². The van der Waals surface area contributed by atoms with E-state index in [0.717, 1.165) is 33.9 Å². The summed E-state index contributed by atoms with van der Waals surface area (Å²) in [6.45, 7) is 3.33. The molecule has 154 valence electrons. The van der Waals surface area contributed by atoms with Gasteiger partial charge in [-0.15, -0.1) is 0 Å². The van der Waals surface area contributed by atoms with Crippen molar-refractivity contribution in [1.82, 2.24) is 15.3 Å². The largest absolute Gasteiger partial charge is 0.455 e. The van der Waals surface area contributed by atoms with Crippen LogP contribution in [0.25, 0.3) is 11.0 Å². The van der Waals surface area contributed by atoms with Crippen LogP contribution in [0.4, 0.5) is 10.5 Å². The third kappa shape index (κ3) is 6.02. The number of hydrogen-bond donors (Lipinski definition) is 2. The summed E-state index contributed by atoms with van der Waals surface area (Å²) < 4.78 is 4.90. The van der Waals surface area contributed by atoms with Gasteiger partial charge in [0.2, 0.25) is 0 Å². The first-order valence-corrected chi connectivity index (χ1v) is 10.1. The molecule has 0 saturated heterocycles. The van der Waals surface area contributed by atoms with E-state index in [9.17, 15) is 14.4 Å². The lowest BCUT2D eigenvalue weighted by Crippen LogP contribution is -2.37. The number of nitrogens with one attached hydrogen (secondary N) is 2. The Morgan fingerprint density at radius 3 is 2.57 bits per heavy atom. The minimum absolute atomic E-state index is 0.0326. The third-order valence-electron chi connectivity index (χ3n) is 4.15. The molecule has 30 heavy (non-hydrogen) atoms. The van der Waals surface area contributed by atoms with Crippen LogP contribution in [-0.4, -0.2) is 40.2 Å². The molecule has 0 bridgehead atoms. The van der Waals surface area contributed by atoms with Gasteiger partial charge in [-0.2, -0.15) is 0 Å². The minimum atomic E-state index is -0.722. The van der Waals surface area contributed by atoms with E-state index in [4.69, 9.17) is 4.74 Å². The summed E-state index contributed by atoms with van der Waals surface area (Å²) in [4.78, 5) is 44.2.